The summed E-state index contributed by atoms with van der Waals surface area (Å²) in [6.45, 7) is 4.32. The molecule has 3 N–H and O–H groups in total. The Morgan fingerprint density at radius 1 is 1.27 bits per heavy atom. The van der Waals surface area contributed by atoms with E-state index < -0.39 is 11.7 Å². The van der Waals surface area contributed by atoms with Crippen LogP contribution < -0.4 is 11.1 Å². The molecule has 1 atom stereocenters. The van der Waals surface area contributed by atoms with Gasteiger partial charge in [0.1, 0.15) is 16.9 Å². The van der Waals surface area contributed by atoms with Crippen LogP contribution in [0.15, 0.2) is 42.6 Å². The number of amides is 1. The highest BCUT2D eigenvalue weighted by Crippen LogP contribution is 2.31. The van der Waals surface area contributed by atoms with Crippen molar-refractivity contribution >= 4 is 16.8 Å². The normalized spacial score (nSPS) is 20.4. The number of aromatic nitrogens is 2. The summed E-state index contributed by atoms with van der Waals surface area (Å²) < 4.78 is 15.6. The van der Waals surface area contributed by atoms with Gasteiger partial charge in [0.25, 0.3) is 5.91 Å². The van der Waals surface area contributed by atoms with E-state index in [1.165, 1.54) is 18.1 Å². The minimum Gasteiger partial charge on any atom is -0.365 e. The molecule has 5 nitrogen and oxygen atoms in total. The number of benzene rings is 2. The Hall–Kier alpha value is -2.73. The van der Waals surface area contributed by atoms with Crippen molar-refractivity contribution in [1.82, 2.24) is 15.1 Å². The molecule has 1 aliphatic heterocycles. The summed E-state index contributed by atoms with van der Waals surface area (Å²) in [7, 11) is 0. The molecule has 134 valence electrons. The van der Waals surface area contributed by atoms with Gasteiger partial charge in [-0.2, -0.15) is 5.10 Å². The molecule has 2 heterocycles. The second-order valence-corrected chi connectivity index (χ2v) is 7.19. The van der Waals surface area contributed by atoms with Gasteiger partial charge in [0.15, 0.2) is 0 Å². The number of primary amides is 1. The quantitative estimate of drug-likeness (QED) is 0.761. The fourth-order valence-corrected chi connectivity index (χ4v) is 3.75. The molecule has 1 aliphatic rings. The van der Waals surface area contributed by atoms with Gasteiger partial charge in [-0.3, -0.25) is 4.79 Å². The lowest BCUT2D eigenvalue weighted by Crippen LogP contribution is -2.41. The maximum atomic E-state index is 13.9. The molecule has 0 saturated carbocycles. The van der Waals surface area contributed by atoms with Crippen LogP contribution in [0.5, 0.6) is 0 Å². The van der Waals surface area contributed by atoms with E-state index in [0.717, 1.165) is 25.2 Å². The molecule has 2 aromatic carbocycles. The first-order valence-electron chi connectivity index (χ1n) is 8.77. The standard InChI is InChI=1S/C20H21FN4O/c1-20(9-2-10-23-12-20)14-4-6-15(7-5-14)25-11-13-3-8-16(21)17(19(22)26)18(13)24-25/h3-8,11,23H,2,9-10,12H2,1H3,(H2,22,26). The molecule has 1 aromatic heterocycles. The predicted octanol–water partition coefficient (Wildman–Crippen LogP) is 2.90. The van der Waals surface area contributed by atoms with Crippen LogP contribution >= 0.6 is 0 Å². The van der Waals surface area contributed by atoms with Crippen LogP contribution in [0.3, 0.4) is 0 Å². The monoisotopic (exact) mass is 352 g/mol. The first-order chi connectivity index (χ1) is 12.5. The fraction of sp³-hybridized carbons (Fsp3) is 0.300. The lowest BCUT2D eigenvalue weighted by molar-refractivity contribution is 0.0998. The Balaban J connectivity index is 1.72. The van der Waals surface area contributed by atoms with Crippen LogP contribution in [-0.4, -0.2) is 28.8 Å². The average molecular weight is 352 g/mol. The molecule has 0 bridgehead atoms. The first kappa shape index (κ1) is 16.7. The van der Waals surface area contributed by atoms with E-state index in [0.29, 0.717) is 5.39 Å². The number of hydrogen-bond donors (Lipinski definition) is 2. The summed E-state index contributed by atoms with van der Waals surface area (Å²) in [6.07, 6.45) is 4.11. The number of carbonyl (C=O) groups excluding carboxylic acids is 1. The lowest BCUT2D eigenvalue weighted by Gasteiger charge is -2.34. The van der Waals surface area contributed by atoms with Gasteiger partial charge in [0.2, 0.25) is 0 Å². The smallest absolute Gasteiger partial charge is 0.253 e. The Morgan fingerprint density at radius 3 is 2.69 bits per heavy atom. The molecule has 0 aliphatic carbocycles. The minimum absolute atomic E-state index is 0.133. The van der Waals surface area contributed by atoms with Crippen LogP contribution in [0.25, 0.3) is 16.6 Å². The summed E-state index contributed by atoms with van der Waals surface area (Å²) in [5.41, 5.74) is 7.70. The summed E-state index contributed by atoms with van der Waals surface area (Å²) in [5, 5.41) is 8.52. The zero-order valence-electron chi connectivity index (χ0n) is 14.6. The van der Waals surface area contributed by atoms with E-state index >= 15 is 0 Å². The maximum absolute atomic E-state index is 13.9. The molecule has 6 heteroatoms. The van der Waals surface area contributed by atoms with Gasteiger partial charge in [-0.05, 0) is 49.2 Å². The summed E-state index contributed by atoms with van der Waals surface area (Å²) in [5.74, 6) is -1.46. The highest BCUT2D eigenvalue weighted by Gasteiger charge is 2.28. The van der Waals surface area contributed by atoms with Crippen molar-refractivity contribution in [2.24, 2.45) is 5.73 Å². The summed E-state index contributed by atoms with van der Waals surface area (Å²) in [4.78, 5) is 11.6. The molecular formula is C20H21FN4O. The number of fused-ring (bicyclic) bond motifs is 1. The van der Waals surface area contributed by atoms with E-state index in [1.807, 2.05) is 12.1 Å². The van der Waals surface area contributed by atoms with Gasteiger partial charge in [-0.25, -0.2) is 9.07 Å². The number of nitrogens with two attached hydrogens (primary N) is 1. The van der Waals surface area contributed by atoms with Crippen molar-refractivity contribution < 1.29 is 9.18 Å². The van der Waals surface area contributed by atoms with Crippen molar-refractivity contribution in [3.8, 4) is 5.69 Å². The molecule has 26 heavy (non-hydrogen) atoms. The van der Waals surface area contributed by atoms with Gasteiger partial charge in [0.05, 0.1) is 5.69 Å². The third kappa shape index (κ3) is 2.76. The van der Waals surface area contributed by atoms with Gasteiger partial charge in [-0.1, -0.05) is 19.1 Å². The van der Waals surface area contributed by atoms with Crippen molar-refractivity contribution in [1.29, 1.82) is 0 Å². The van der Waals surface area contributed by atoms with Gasteiger partial charge in [0, 0.05) is 23.5 Å². The minimum atomic E-state index is -0.813. The molecule has 0 radical (unpaired) electrons. The van der Waals surface area contributed by atoms with Crippen molar-refractivity contribution in [3.05, 3.63) is 59.5 Å². The second-order valence-electron chi connectivity index (χ2n) is 7.19. The van der Waals surface area contributed by atoms with Crippen LogP contribution in [-0.2, 0) is 5.41 Å². The van der Waals surface area contributed by atoms with Crippen molar-refractivity contribution in [3.63, 3.8) is 0 Å². The van der Waals surface area contributed by atoms with Crippen LogP contribution in [0.2, 0.25) is 0 Å². The fourth-order valence-electron chi connectivity index (χ4n) is 3.75. The summed E-state index contributed by atoms with van der Waals surface area (Å²) >= 11 is 0. The van der Waals surface area contributed by atoms with E-state index in [2.05, 4.69) is 29.5 Å². The van der Waals surface area contributed by atoms with Gasteiger partial charge in [-0.15, -0.1) is 0 Å². The molecule has 3 aromatic rings. The first-order valence-corrected chi connectivity index (χ1v) is 8.77. The van der Waals surface area contributed by atoms with E-state index in [1.54, 1.807) is 16.9 Å². The molecule has 1 amide bonds. The highest BCUT2D eigenvalue weighted by atomic mass is 19.1. The molecule has 0 spiro atoms. The maximum Gasteiger partial charge on any atom is 0.253 e. The zero-order valence-corrected chi connectivity index (χ0v) is 14.6. The third-order valence-electron chi connectivity index (χ3n) is 5.30. The highest BCUT2D eigenvalue weighted by molar-refractivity contribution is 6.04. The Labute approximate surface area is 151 Å². The van der Waals surface area contributed by atoms with E-state index in [4.69, 9.17) is 5.73 Å². The largest absolute Gasteiger partial charge is 0.365 e. The van der Waals surface area contributed by atoms with E-state index in [9.17, 15) is 9.18 Å². The topological polar surface area (TPSA) is 72.9 Å². The van der Waals surface area contributed by atoms with Crippen LogP contribution in [0.4, 0.5) is 4.39 Å². The van der Waals surface area contributed by atoms with Gasteiger partial charge < -0.3 is 11.1 Å². The Bertz CT molecular complexity index is 971. The molecular weight excluding hydrogens is 331 g/mol. The van der Waals surface area contributed by atoms with Crippen molar-refractivity contribution in [2.75, 3.05) is 13.1 Å². The second kappa shape index (κ2) is 6.21. The Kier molecular flexibility index (Phi) is 4.00. The number of nitrogens with one attached hydrogen (secondary N) is 1. The molecule has 1 saturated heterocycles. The van der Waals surface area contributed by atoms with Crippen LogP contribution in [0.1, 0.15) is 35.7 Å². The lowest BCUT2D eigenvalue weighted by atomic mass is 9.76. The number of nitrogens with zero attached hydrogens (tertiary/aromatic N) is 2. The van der Waals surface area contributed by atoms with Crippen molar-refractivity contribution in [2.45, 2.75) is 25.2 Å². The molecule has 1 unspecified atom stereocenters. The van der Waals surface area contributed by atoms with Gasteiger partial charge >= 0.3 is 0 Å². The average Bonchev–Trinajstić information content (AvgIpc) is 3.06. The van der Waals surface area contributed by atoms with Crippen LogP contribution in [0, 0.1) is 5.82 Å². The van der Waals surface area contributed by atoms with E-state index in [-0.39, 0.29) is 16.5 Å². The summed E-state index contributed by atoms with van der Waals surface area (Å²) in [6, 6.07) is 11.1. The third-order valence-corrected chi connectivity index (χ3v) is 5.30. The number of hydrogen-bond acceptors (Lipinski definition) is 3. The zero-order chi connectivity index (χ0) is 18.3. The molecule has 1 fully saturated rings. The number of halogens is 1. The number of rotatable bonds is 3. The molecule has 4 rings (SSSR count). The SMILES string of the molecule is CC1(c2ccc(-n3cc4ccc(F)c(C(N)=O)c4n3)cc2)CCCNC1. The number of piperidine rings is 1. The Morgan fingerprint density at radius 2 is 2.04 bits per heavy atom. The number of carbonyl (C=O) groups is 1. The predicted molar refractivity (Wildman–Crippen MR) is 99.0 cm³/mol.